The average molecular weight is 203 g/mol. The first-order chi connectivity index (χ1) is 7.24. The van der Waals surface area contributed by atoms with Gasteiger partial charge in [-0.3, -0.25) is 0 Å². The first-order valence-corrected chi connectivity index (χ1v) is 4.46. The molecule has 4 nitrogen and oxygen atoms in total. The molecule has 0 aliphatic heterocycles. The maximum absolute atomic E-state index is 11.0. The molecule has 1 heterocycles. The number of hydrogen-bond acceptors (Lipinski definition) is 4. The van der Waals surface area contributed by atoms with E-state index in [2.05, 4.69) is 4.98 Å². The number of ether oxygens (including phenoxy) is 1. The van der Waals surface area contributed by atoms with Crippen LogP contribution in [0.25, 0.3) is 0 Å². The van der Waals surface area contributed by atoms with Crippen molar-refractivity contribution in [3.8, 4) is 11.8 Å². The van der Waals surface area contributed by atoms with Crippen LogP contribution in [-0.2, 0) is 0 Å². The molecule has 0 radical (unpaired) electrons. The largest absolute Gasteiger partial charge is 0.411 e. The quantitative estimate of drug-likeness (QED) is 0.750. The zero-order valence-corrected chi connectivity index (χ0v) is 8.14. The van der Waals surface area contributed by atoms with E-state index >= 15 is 0 Å². The van der Waals surface area contributed by atoms with Gasteiger partial charge in [-0.25, -0.2) is 4.79 Å². The Morgan fingerprint density at radius 3 is 2.67 bits per heavy atom. The van der Waals surface area contributed by atoms with E-state index in [4.69, 9.17) is 9.15 Å². The van der Waals surface area contributed by atoms with E-state index in [1.807, 2.05) is 18.2 Å². The Balaban J connectivity index is 2.29. The van der Waals surface area contributed by atoms with E-state index in [1.54, 1.807) is 19.1 Å². The number of benzene rings is 1. The van der Waals surface area contributed by atoms with Crippen LogP contribution in [0.4, 0.5) is 0 Å². The minimum Gasteiger partial charge on any atom is -0.411 e. The number of hydrogen-bond donors (Lipinski definition) is 0. The molecule has 0 unspecified atom stereocenters. The number of aromatic nitrogens is 1. The van der Waals surface area contributed by atoms with Gasteiger partial charge in [0, 0.05) is 6.07 Å². The van der Waals surface area contributed by atoms with Crippen molar-refractivity contribution in [3.05, 3.63) is 52.5 Å². The molecule has 0 N–H and O–H groups in total. The standard InChI is InChI=1S/C11H9NO3/c1-8-7-10(13)15-11(12-8)14-9-5-3-2-4-6-9/h2-7H,1H3. The molecule has 0 saturated heterocycles. The van der Waals surface area contributed by atoms with Crippen molar-refractivity contribution < 1.29 is 9.15 Å². The fraction of sp³-hybridized carbons (Fsp3) is 0.0909. The zero-order valence-electron chi connectivity index (χ0n) is 8.14. The number of para-hydroxylation sites is 1. The van der Waals surface area contributed by atoms with Gasteiger partial charge >= 0.3 is 11.7 Å². The van der Waals surface area contributed by atoms with Crippen LogP contribution in [0.3, 0.4) is 0 Å². The van der Waals surface area contributed by atoms with Crippen LogP contribution in [0.1, 0.15) is 5.69 Å². The molecule has 0 bridgehead atoms. The molecule has 4 heteroatoms. The van der Waals surface area contributed by atoms with E-state index in [0.717, 1.165) is 0 Å². The summed E-state index contributed by atoms with van der Waals surface area (Å²) in [5.74, 6) is 0.582. The Morgan fingerprint density at radius 1 is 1.27 bits per heavy atom. The van der Waals surface area contributed by atoms with Crippen molar-refractivity contribution in [1.29, 1.82) is 0 Å². The molecule has 2 aromatic rings. The van der Waals surface area contributed by atoms with Crippen LogP contribution < -0.4 is 10.4 Å². The van der Waals surface area contributed by atoms with E-state index in [-0.39, 0.29) is 6.08 Å². The van der Waals surface area contributed by atoms with Gasteiger partial charge in [-0.15, -0.1) is 0 Å². The minimum atomic E-state index is -0.464. The molecule has 15 heavy (non-hydrogen) atoms. The monoisotopic (exact) mass is 203 g/mol. The van der Waals surface area contributed by atoms with Gasteiger partial charge in [0.25, 0.3) is 0 Å². The zero-order chi connectivity index (χ0) is 10.7. The predicted molar refractivity (Wildman–Crippen MR) is 54.0 cm³/mol. The lowest BCUT2D eigenvalue weighted by Crippen LogP contribution is -2.01. The van der Waals surface area contributed by atoms with Gasteiger partial charge in [0.2, 0.25) is 0 Å². The van der Waals surface area contributed by atoms with Crippen LogP contribution >= 0.6 is 0 Å². The van der Waals surface area contributed by atoms with Gasteiger partial charge in [0.05, 0.1) is 5.69 Å². The number of rotatable bonds is 2. The molecule has 0 fully saturated rings. The normalized spacial score (nSPS) is 9.93. The molecule has 1 aromatic carbocycles. The van der Waals surface area contributed by atoms with Crippen molar-refractivity contribution in [1.82, 2.24) is 4.98 Å². The van der Waals surface area contributed by atoms with Gasteiger partial charge < -0.3 is 9.15 Å². The molecule has 2 rings (SSSR count). The topological polar surface area (TPSA) is 52.3 Å². The third kappa shape index (κ3) is 2.43. The first-order valence-electron chi connectivity index (χ1n) is 4.46. The maximum Gasteiger partial charge on any atom is 0.402 e. The maximum atomic E-state index is 11.0. The van der Waals surface area contributed by atoms with Crippen LogP contribution in [-0.4, -0.2) is 4.98 Å². The lowest BCUT2D eigenvalue weighted by molar-refractivity contribution is 0.300. The summed E-state index contributed by atoms with van der Waals surface area (Å²) in [6, 6.07) is 10.3. The van der Waals surface area contributed by atoms with E-state index < -0.39 is 5.63 Å². The van der Waals surface area contributed by atoms with Crippen molar-refractivity contribution in [2.24, 2.45) is 0 Å². The highest BCUT2D eigenvalue weighted by Gasteiger charge is 2.02. The lowest BCUT2D eigenvalue weighted by atomic mass is 10.3. The SMILES string of the molecule is Cc1cc(=O)oc(Oc2ccccc2)n1. The second-order valence-corrected chi connectivity index (χ2v) is 3.00. The Labute approximate surface area is 86.2 Å². The highest BCUT2D eigenvalue weighted by molar-refractivity contribution is 5.23. The fourth-order valence-electron chi connectivity index (χ4n) is 1.12. The molecule has 0 amide bonds. The lowest BCUT2D eigenvalue weighted by Gasteiger charge is -2.01. The number of aryl methyl sites for hydroxylation is 1. The third-order valence-corrected chi connectivity index (χ3v) is 1.73. The smallest absolute Gasteiger partial charge is 0.402 e. The summed E-state index contributed by atoms with van der Waals surface area (Å²) in [4.78, 5) is 15.0. The summed E-state index contributed by atoms with van der Waals surface area (Å²) >= 11 is 0. The minimum absolute atomic E-state index is 0.0359. The fourth-order valence-corrected chi connectivity index (χ4v) is 1.12. The van der Waals surface area contributed by atoms with Crippen molar-refractivity contribution in [2.45, 2.75) is 6.92 Å². The molecule has 0 saturated carbocycles. The van der Waals surface area contributed by atoms with E-state index in [1.165, 1.54) is 6.07 Å². The molecular weight excluding hydrogens is 194 g/mol. The molecule has 0 spiro atoms. The Kier molecular flexibility index (Phi) is 2.49. The highest BCUT2D eigenvalue weighted by atomic mass is 16.6. The molecular formula is C11H9NO3. The summed E-state index contributed by atoms with van der Waals surface area (Å²) in [5.41, 5.74) is 0.102. The average Bonchev–Trinajstić information content (AvgIpc) is 2.17. The van der Waals surface area contributed by atoms with E-state index in [9.17, 15) is 4.79 Å². The highest BCUT2D eigenvalue weighted by Crippen LogP contribution is 2.16. The van der Waals surface area contributed by atoms with Gasteiger partial charge in [0.1, 0.15) is 5.75 Å². The first kappa shape index (κ1) is 9.45. The molecule has 0 aliphatic carbocycles. The second-order valence-electron chi connectivity index (χ2n) is 3.00. The van der Waals surface area contributed by atoms with Crippen molar-refractivity contribution >= 4 is 0 Å². The Bertz CT molecular complexity index is 505. The summed E-state index contributed by atoms with van der Waals surface area (Å²) in [6.07, 6.45) is -0.0359. The van der Waals surface area contributed by atoms with Crippen LogP contribution in [0.5, 0.6) is 11.8 Å². The summed E-state index contributed by atoms with van der Waals surface area (Å²) in [5, 5.41) is 0. The molecule has 0 atom stereocenters. The van der Waals surface area contributed by atoms with Gasteiger partial charge in [-0.05, 0) is 19.1 Å². The molecule has 76 valence electrons. The van der Waals surface area contributed by atoms with Crippen LogP contribution in [0, 0.1) is 6.92 Å². The van der Waals surface area contributed by atoms with Gasteiger partial charge in [0.15, 0.2) is 0 Å². The third-order valence-electron chi connectivity index (χ3n) is 1.73. The summed E-state index contributed by atoms with van der Waals surface area (Å²) in [6.45, 7) is 1.70. The van der Waals surface area contributed by atoms with Crippen LogP contribution in [0.2, 0.25) is 0 Å². The summed E-state index contributed by atoms with van der Waals surface area (Å²) < 4.78 is 10.0. The predicted octanol–water partition coefficient (Wildman–Crippen LogP) is 2.14. The molecule has 0 aliphatic rings. The van der Waals surface area contributed by atoms with Crippen molar-refractivity contribution in [2.75, 3.05) is 0 Å². The molecule has 1 aromatic heterocycles. The summed E-state index contributed by atoms with van der Waals surface area (Å²) in [7, 11) is 0. The number of nitrogens with zero attached hydrogens (tertiary/aromatic N) is 1. The Hall–Kier alpha value is -2.10. The van der Waals surface area contributed by atoms with E-state index in [0.29, 0.717) is 11.4 Å². The van der Waals surface area contributed by atoms with Crippen molar-refractivity contribution in [3.63, 3.8) is 0 Å². The van der Waals surface area contributed by atoms with Gasteiger partial charge in [-0.2, -0.15) is 4.98 Å². The second kappa shape index (κ2) is 3.96. The Morgan fingerprint density at radius 2 is 2.00 bits per heavy atom. The van der Waals surface area contributed by atoms with Crippen LogP contribution in [0.15, 0.2) is 45.6 Å². The van der Waals surface area contributed by atoms with Gasteiger partial charge in [-0.1, -0.05) is 18.2 Å².